The van der Waals surface area contributed by atoms with Gasteiger partial charge in [0.25, 0.3) is 0 Å². The first kappa shape index (κ1) is 15.3. The van der Waals surface area contributed by atoms with Crippen molar-refractivity contribution >= 4 is 5.97 Å². The third kappa shape index (κ3) is 6.05. The number of hydrogen-bond donors (Lipinski definition) is 1. The number of carboxylic acid groups (broad SMARTS) is 1. The fourth-order valence-electron chi connectivity index (χ4n) is 1.58. The molecular formula is C11H23NO4. The maximum Gasteiger partial charge on any atom is 0.320 e. The summed E-state index contributed by atoms with van der Waals surface area (Å²) in [5.74, 6) is -0.769. The molecule has 0 aromatic rings. The molecular weight excluding hydrogens is 210 g/mol. The Kier molecular flexibility index (Phi) is 9.18. The topological polar surface area (TPSA) is 59.0 Å². The van der Waals surface area contributed by atoms with Crippen LogP contribution in [-0.4, -0.2) is 62.5 Å². The van der Waals surface area contributed by atoms with Crippen LogP contribution in [0.2, 0.25) is 0 Å². The first-order valence-corrected chi connectivity index (χ1v) is 5.62. The first-order valence-electron chi connectivity index (χ1n) is 5.62. The fraction of sp³-hybridized carbons (Fsp3) is 0.909. The summed E-state index contributed by atoms with van der Waals surface area (Å²) in [5, 5.41) is 9.15. The van der Waals surface area contributed by atoms with Gasteiger partial charge in [-0.2, -0.15) is 0 Å². The van der Waals surface area contributed by atoms with Gasteiger partial charge in [0, 0.05) is 27.3 Å². The van der Waals surface area contributed by atoms with E-state index < -0.39 is 12.0 Å². The van der Waals surface area contributed by atoms with Crippen molar-refractivity contribution in [2.75, 3.05) is 40.5 Å². The molecule has 0 rings (SSSR count). The largest absolute Gasteiger partial charge is 0.480 e. The van der Waals surface area contributed by atoms with Gasteiger partial charge in [0.2, 0.25) is 0 Å². The zero-order valence-corrected chi connectivity index (χ0v) is 10.4. The van der Waals surface area contributed by atoms with Crippen molar-refractivity contribution in [2.24, 2.45) is 0 Å². The number of hydrogen-bond acceptors (Lipinski definition) is 4. The zero-order chi connectivity index (χ0) is 12.4. The van der Waals surface area contributed by atoms with Gasteiger partial charge in [-0.25, -0.2) is 0 Å². The van der Waals surface area contributed by atoms with Gasteiger partial charge in [-0.15, -0.1) is 0 Å². The molecule has 1 unspecified atom stereocenters. The molecule has 16 heavy (non-hydrogen) atoms. The average molecular weight is 233 g/mol. The summed E-state index contributed by atoms with van der Waals surface area (Å²) in [5.41, 5.74) is 0. The molecule has 0 bridgehead atoms. The van der Waals surface area contributed by atoms with Crippen molar-refractivity contribution in [2.45, 2.75) is 25.8 Å². The van der Waals surface area contributed by atoms with Crippen molar-refractivity contribution in [3.05, 3.63) is 0 Å². The Morgan fingerprint density at radius 3 is 2.06 bits per heavy atom. The SMILES string of the molecule is CCCC(C(=O)O)N(CCOC)CCOC. The highest BCUT2D eigenvalue weighted by Gasteiger charge is 2.23. The van der Waals surface area contributed by atoms with E-state index in [-0.39, 0.29) is 0 Å². The van der Waals surface area contributed by atoms with E-state index in [0.717, 1.165) is 6.42 Å². The quantitative estimate of drug-likeness (QED) is 0.606. The van der Waals surface area contributed by atoms with Crippen LogP contribution in [0.1, 0.15) is 19.8 Å². The van der Waals surface area contributed by atoms with Crippen LogP contribution in [0.5, 0.6) is 0 Å². The number of ether oxygens (including phenoxy) is 2. The Morgan fingerprint density at radius 2 is 1.75 bits per heavy atom. The summed E-state index contributed by atoms with van der Waals surface area (Å²) in [6.45, 7) is 4.31. The summed E-state index contributed by atoms with van der Waals surface area (Å²) in [6, 6.07) is -0.435. The van der Waals surface area contributed by atoms with Crippen molar-refractivity contribution in [3.8, 4) is 0 Å². The third-order valence-electron chi connectivity index (χ3n) is 2.45. The Labute approximate surface area is 97.3 Å². The molecule has 0 radical (unpaired) electrons. The summed E-state index contributed by atoms with van der Waals surface area (Å²) < 4.78 is 9.97. The lowest BCUT2D eigenvalue weighted by molar-refractivity contribution is -0.144. The number of carbonyl (C=O) groups is 1. The van der Waals surface area contributed by atoms with Crippen LogP contribution in [0.25, 0.3) is 0 Å². The second-order valence-corrected chi connectivity index (χ2v) is 3.66. The number of methoxy groups -OCH3 is 2. The summed E-state index contributed by atoms with van der Waals surface area (Å²) in [7, 11) is 3.23. The highest BCUT2D eigenvalue weighted by atomic mass is 16.5. The van der Waals surface area contributed by atoms with Gasteiger partial charge < -0.3 is 14.6 Å². The molecule has 0 heterocycles. The Balaban J connectivity index is 4.33. The maximum absolute atomic E-state index is 11.1. The molecule has 0 aliphatic carbocycles. The van der Waals surface area contributed by atoms with Crippen LogP contribution < -0.4 is 0 Å². The van der Waals surface area contributed by atoms with Gasteiger partial charge in [-0.1, -0.05) is 13.3 Å². The molecule has 0 saturated carbocycles. The van der Waals surface area contributed by atoms with Crippen molar-refractivity contribution in [1.29, 1.82) is 0 Å². The summed E-state index contributed by atoms with van der Waals surface area (Å²) in [6.07, 6.45) is 1.51. The second-order valence-electron chi connectivity index (χ2n) is 3.66. The lowest BCUT2D eigenvalue weighted by Crippen LogP contribution is -2.44. The van der Waals surface area contributed by atoms with Crippen molar-refractivity contribution < 1.29 is 19.4 Å². The van der Waals surface area contributed by atoms with Gasteiger partial charge in [0.15, 0.2) is 0 Å². The molecule has 0 fully saturated rings. The number of carboxylic acids is 1. The van der Waals surface area contributed by atoms with E-state index in [2.05, 4.69) is 0 Å². The standard InChI is InChI=1S/C11H23NO4/c1-4-5-10(11(13)14)12(6-8-15-2)7-9-16-3/h10H,4-9H2,1-3H3,(H,13,14). The molecule has 0 aromatic carbocycles. The first-order chi connectivity index (χ1) is 7.67. The second kappa shape index (κ2) is 9.57. The predicted octanol–water partition coefficient (Wildman–Crippen LogP) is 0.835. The minimum atomic E-state index is -0.769. The fourth-order valence-corrected chi connectivity index (χ4v) is 1.58. The average Bonchev–Trinajstić information content (AvgIpc) is 2.26. The number of rotatable bonds is 10. The molecule has 0 amide bonds. The Morgan fingerprint density at radius 1 is 1.25 bits per heavy atom. The molecule has 0 saturated heterocycles. The number of aliphatic carboxylic acids is 1. The molecule has 0 aromatic heterocycles. The summed E-state index contributed by atoms with van der Waals surface area (Å²) >= 11 is 0. The van der Waals surface area contributed by atoms with Crippen LogP contribution >= 0.6 is 0 Å². The molecule has 5 heteroatoms. The van der Waals surface area contributed by atoms with Crippen LogP contribution in [0, 0.1) is 0 Å². The van der Waals surface area contributed by atoms with Crippen molar-refractivity contribution in [3.63, 3.8) is 0 Å². The molecule has 0 aliphatic rings. The van der Waals surface area contributed by atoms with E-state index in [1.807, 2.05) is 11.8 Å². The smallest absolute Gasteiger partial charge is 0.320 e. The van der Waals surface area contributed by atoms with Crippen LogP contribution in [0.15, 0.2) is 0 Å². The monoisotopic (exact) mass is 233 g/mol. The molecule has 0 spiro atoms. The zero-order valence-electron chi connectivity index (χ0n) is 10.4. The minimum absolute atomic E-state index is 0.435. The highest BCUT2D eigenvalue weighted by molar-refractivity contribution is 5.73. The van der Waals surface area contributed by atoms with E-state index in [9.17, 15) is 4.79 Å². The van der Waals surface area contributed by atoms with Crippen LogP contribution in [-0.2, 0) is 14.3 Å². The predicted molar refractivity (Wildman–Crippen MR) is 61.7 cm³/mol. The van der Waals surface area contributed by atoms with E-state index >= 15 is 0 Å². The van der Waals surface area contributed by atoms with Crippen molar-refractivity contribution in [1.82, 2.24) is 4.90 Å². The lowest BCUT2D eigenvalue weighted by Gasteiger charge is -2.28. The number of nitrogens with zero attached hydrogens (tertiary/aromatic N) is 1. The third-order valence-corrected chi connectivity index (χ3v) is 2.45. The minimum Gasteiger partial charge on any atom is -0.480 e. The van der Waals surface area contributed by atoms with Gasteiger partial charge >= 0.3 is 5.97 Å². The molecule has 1 atom stereocenters. The van der Waals surface area contributed by atoms with E-state index in [1.54, 1.807) is 14.2 Å². The normalized spacial score (nSPS) is 13.0. The summed E-state index contributed by atoms with van der Waals surface area (Å²) in [4.78, 5) is 13.0. The van der Waals surface area contributed by atoms with E-state index in [0.29, 0.717) is 32.7 Å². The van der Waals surface area contributed by atoms with Crippen LogP contribution in [0.3, 0.4) is 0 Å². The van der Waals surface area contributed by atoms with Gasteiger partial charge in [-0.3, -0.25) is 9.69 Å². The Bertz CT molecular complexity index is 179. The van der Waals surface area contributed by atoms with E-state index in [4.69, 9.17) is 14.6 Å². The maximum atomic E-state index is 11.1. The highest BCUT2D eigenvalue weighted by Crippen LogP contribution is 2.07. The van der Waals surface area contributed by atoms with Gasteiger partial charge in [-0.05, 0) is 6.42 Å². The van der Waals surface area contributed by atoms with Gasteiger partial charge in [0.05, 0.1) is 13.2 Å². The van der Waals surface area contributed by atoms with Gasteiger partial charge in [0.1, 0.15) is 6.04 Å². The molecule has 96 valence electrons. The lowest BCUT2D eigenvalue weighted by atomic mass is 10.1. The molecule has 1 N–H and O–H groups in total. The Hall–Kier alpha value is -0.650. The van der Waals surface area contributed by atoms with E-state index in [1.165, 1.54) is 0 Å². The molecule has 0 aliphatic heterocycles. The molecule has 5 nitrogen and oxygen atoms in total. The van der Waals surface area contributed by atoms with Crippen LogP contribution in [0.4, 0.5) is 0 Å².